The first-order valence-electron chi connectivity index (χ1n) is 7.99. The molecule has 25 heavy (non-hydrogen) atoms. The molecule has 2 amide bonds. The molecule has 2 N–H and O–H groups in total. The van der Waals surface area contributed by atoms with Gasteiger partial charge in [0.25, 0.3) is 0 Å². The van der Waals surface area contributed by atoms with Crippen LogP contribution < -0.4 is 10.6 Å². The quantitative estimate of drug-likeness (QED) is 0.886. The van der Waals surface area contributed by atoms with Crippen molar-refractivity contribution in [3.05, 3.63) is 59.7 Å². The van der Waals surface area contributed by atoms with Crippen LogP contribution in [0, 0.1) is 13.8 Å². The molecule has 1 unspecified atom stereocenters. The summed E-state index contributed by atoms with van der Waals surface area (Å²) in [6, 6.07) is 15.1. The number of aliphatic imine (C=N–C) groups is 1. The number of amides is 2. The summed E-state index contributed by atoms with van der Waals surface area (Å²) in [6.07, 6.45) is 0.134. The van der Waals surface area contributed by atoms with Gasteiger partial charge in [0.2, 0.25) is 11.8 Å². The topological polar surface area (TPSA) is 70.6 Å². The van der Waals surface area contributed by atoms with Gasteiger partial charge in [0.1, 0.15) is 5.25 Å². The summed E-state index contributed by atoms with van der Waals surface area (Å²) >= 11 is 1.27. The van der Waals surface area contributed by atoms with Gasteiger partial charge in [0.05, 0.1) is 5.69 Å². The Hall–Kier alpha value is -2.60. The third-order valence-electron chi connectivity index (χ3n) is 3.92. The summed E-state index contributed by atoms with van der Waals surface area (Å²) in [5.74, 6) is -0.391. The number of carbonyl (C=O) groups excluding carboxylic acids is 2. The van der Waals surface area contributed by atoms with Crippen molar-refractivity contribution in [1.29, 1.82) is 0 Å². The summed E-state index contributed by atoms with van der Waals surface area (Å²) in [7, 11) is 0. The van der Waals surface area contributed by atoms with E-state index in [9.17, 15) is 9.59 Å². The highest BCUT2D eigenvalue weighted by atomic mass is 32.2. The van der Waals surface area contributed by atoms with Crippen LogP contribution in [0.3, 0.4) is 0 Å². The molecule has 6 heteroatoms. The van der Waals surface area contributed by atoms with Crippen LogP contribution in [-0.2, 0) is 9.59 Å². The molecule has 1 heterocycles. The van der Waals surface area contributed by atoms with Crippen molar-refractivity contribution in [3.63, 3.8) is 0 Å². The molecule has 2 aromatic rings. The van der Waals surface area contributed by atoms with Gasteiger partial charge in [-0.2, -0.15) is 0 Å². The third-order valence-corrected chi connectivity index (χ3v) is 5.01. The van der Waals surface area contributed by atoms with Crippen molar-refractivity contribution in [3.8, 4) is 0 Å². The fraction of sp³-hybridized carbons (Fsp3) is 0.211. The smallest absolute Gasteiger partial charge is 0.238 e. The second-order valence-corrected chi connectivity index (χ2v) is 7.09. The van der Waals surface area contributed by atoms with Crippen LogP contribution in [0.4, 0.5) is 11.4 Å². The maximum atomic E-state index is 12.5. The number of carbonyl (C=O) groups is 2. The summed E-state index contributed by atoms with van der Waals surface area (Å²) in [4.78, 5) is 28.9. The van der Waals surface area contributed by atoms with Gasteiger partial charge in [-0.15, -0.1) is 0 Å². The molecule has 0 radical (unpaired) electrons. The molecule has 0 aliphatic carbocycles. The Kier molecular flexibility index (Phi) is 5.19. The first-order chi connectivity index (χ1) is 12.0. The zero-order chi connectivity index (χ0) is 17.8. The number of para-hydroxylation sites is 1. The van der Waals surface area contributed by atoms with Crippen molar-refractivity contribution in [2.75, 3.05) is 5.32 Å². The highest BCUT2D eigenvalue weighted by Gasteiger charge is 2.30. The van der Waals surface area contributed by atoms with Gasteiger partial charge in [-0.25, -0.2) is 4.99 Å². The predicted octanol–water partition coefficient (Wildman–Crippen LogP) is 3.55. The molecule has 0 aromatic heterocycles. The number of anilines is 1. The fourth-order valence-electron chi connectivity index (χ4n) is 2.41. The molecule has 5 nitrogen and oxygen atoms in total. The molecule has 128 valence electrons. The first-order valence-corrected chi connectivity index (χ1v) is 8.87. The number of aryl methyl sites for hydroxylation is 2. The standard InChI is InChI=1S/C19H19N3O2S/c1-12-8-9-15(10-13(12)2)20-18(24)16-11-17(23)22-19(25-16)21-14-6-4-3-5-7-14/h3-10,16H,11H2,1-2H3,(H,20,24)(H,21,22,23). The largest absolute Gasteiger partial charge is 0.325 e. The second kappa shape index (κ2) is 7.53. The fourth-order valence-corrected chi connectivity index (χ4v) is 3.41. The Bertz CT molecular complexity index is 834. The van der Waals surface area contributed by atoms with E-state index in [1.54, 1.807) is 0 Å². The number of amidine groups is 1. The Morgan fingerprint density at radius 2 is 1.92 bits per heavy atom. The molecule has 1 atom stereocenters. The van der Waals surface area contributed by atoms with Crippen LogP contribution >= 0.6 is 11.8 Å². The van der Waals surface area contributed by atoms with Crippen molar-refractivity contribution in [2.24, 2.45) is 4.99 Å². The Labute approximate surface area is 150 Å². The van der Waals surface area contributed by atoms with Crippen molar-refractivity contribution in [2.45, 2.75) is 25.5 Å². The summed E-state index contributed by atoms with van der Waals surface area (Å²) in [6.45, 7) is 4.02. The van der Waals surface area contributed by atoms with Gasteiger partial charge in [0, 0.05) is 12.1 Å². The van der Waals surface area contributed by atoms with Crippen molar-refractivity contribution < 1.29 is 9.59 Å². The van der Waals surface area contributed by atoms with E-state index in [0.717, 1.165) is 16.9 Å². The van der Waals surface area contributed by atoms with Crippen molar-refractivity contribution in [1.82, 2.24) is 5.32 Å². The van der Waals surface area contributed by atoms with E-state index in [1.807, 2.05) is 62.4 Å². The van der Waals surface area contributed by atoms with Crippen LogP contribution in [0.2, 0.25) is 0 Å². The first kappa shape index (κ1) is 17.2. The molecule has 1 fully saturated rings. The predicted molar refractivity (Wildman–Crippen MR) is 102 cm³/mol. The normalized spacial score (nSPS) is 18.7. The number of rotatable bonds is 3. The lowest BCUT2D eigenvalue weighted by Gasteiger charge is -2.22. The molecule has 0 bridgehead atoms. The highest BCUT2D eigenvalue weighted by Crippen LogP contribution is 2.25. The van der Waals surface area contributed by atoms with Crippen LogP contribution in [0.15, 0.2) is 53.5 Å². The number of thioether (sulfide) groups is 1. The van der Waals surface area contributed by atoms with Gasteiger partial charge >= 0.3 is 0 Å². The molecular formula is C19H19N3O2S. The van der Waals surface area contributed by atoms with Gasteiger partial charge in [-0.1, -0.05) is 36.0 Å². The average molecular weight is 353 g/mol. The number of benzene rings is 2. The summed E-state index contributed by atoms with van der Waals surface area (Å²) in [5, 5.41) is 5.56. The van der Waals surface area contributed by atoms with Gasteiger partial charge < -0.3 is 10.6 Å². The number of nitrogens with zero attached hydrogens (tertiary/aromatic N) is 1. The van der Waals surface area contributed by atoms with E-state index in [1.165, 1.54) is 17.3 Å². The van der Waals surface area contributed by atoms with Crippen LogP contribution in [0.25, 0.3) is 0 Å². The lowest BCUT2D eigenvalue weighted by Crippen LogP contribution is -2.41. The lowest BCUT2D eigenvalue weighted by atomic mass is 10.1. The molecule has 0 saturated carbocycles. The van der Waals surface area contributed by atoms with E-state index in [-0.39, 0.29) is 18.2 Å². The molecule has 0 spiro atoms. The number of hydrogen-bond acceptors (Lipinski definition) is 4. The van der Waals surface area contributed by atoms with Crippen LogP contribution in [0.1, 0.15) is 17.5 Å². The SMILES string of the molecule is Cc1ccc(NC(=O)C2CC(=O)NC(=Nc3ccccc3)S2)cc1C. The molecular weight excluding hydrogens is 334 g/mol. The average Bonchev–Trinajstić information content (AvgIpc) is 2.58. The third kappa shape index (κ3) is 4.48. The van der Waals surface area contributed by atoms with Gasteiger partial charge in [-0.05, 0) is 49.2 Å². The summed E-state index contributed by atoms with van der Waals surface area (Å²) in [5.41, 5.74) is 3.75. The molecule has 1 saturated heterocycles. The van der Waals surface area contributed by atoms with Crippen molar-refractivity contribution >= 4 is 40.1 Å². The maximum absolute atomic E-state index is 12.5. The zero-order valence-corrected chi connectivity index (χ0v) is 14.9. The van der Waals surface area contributed by atoms with Crippen LogP contribution in [-0.4, -0.2) is 22.2 Å². The van der Waals surface area contributed by atoms with Crippen LogP contribution in [0.5, 0.6) is 0 Å². The number of hydrogen-bond donors (Lipinski definition) is 2. The Morgan fingerprint density at radius 1 is 1.16 bits per heavy atom. The van der Waals surface area contributed by atoms with Gasteiger partial charge in [0.15, 0.2) is 5.17 Å². The minimum atomic E-state index is -0.502. The number of nitrogens with one attached hydrogen (secondary N) is 2. The minimum absolute atomic E-state index is 0.134. The monoisotopic (exact) mass is 353 g/mol. The lowest BCUT2D eigenvalue weighted by molar-refractivity contribution is -0.123. The Morgan fingerprint density at radius 3 is 2.64 bits per heavy atom. The zero-order valence-electron chi connectivity index (χ0n) is 14.1. The van der Waals surface area contributed by atoms with E-state index in [0.29, 0.717) is 5.17 Å². The molecule has 2 aromatic carbocycles. The van der Waals surface area contributed by atoms with E-state index in [4.69, 9.17) is 0 Å². The molecule has 1 aliphatic heterocycles. The van der Waals surface area contributed by atoms with Gasteiger partial charge in [-0.3, -0.25) is 9.59 Å². The van der Waals surface area contributed by atoms with E-state index >= 15 is 0 Å². The Balaban J connectivity index is 1.72. The second-order valence-electron chi connectivity index (χ2n) is 5.90. The summed E-state index contributed by atoms with van der Waals surface area (Å²) < 4.78 is 0. The highest BCUT2D eigenvalue weighted by molar-refractivity contribution is 8.15. The van der Waals surface area contributed by atoms with E-state index < -0.39 is 5.25 Å². The molecule has 3 rings (SSSR count). The maximum Gasteiger partial charge on any atom is 0.238 e. The van der Waals surface area contributed by atoms with E-state index in [2.05, 4.69) is 15.6 Å². The minimum Gasteiger partial charge on any atom is -0.325 e. The molecule has 1 aliphatic rings.